The van der Waals surface area contributed by atoms with Crippen LogP contribution in [0.15, 0.2) is 67.5 Å². The van der Waals surface area contributed by atoms with Gasteiger partial charge in [0.25, 0.3) is 0 Å². The highest BCUT2D eigenvalue weighted by molar-refractivity contribution is 5.99. The molecule has 0 unspecified atom stereocenters. The molecule has 0 aliphatic carbocycles. The largest absolute Gasteiger partial charge is 0.481 e. The summed E-state index contributed by atoms with van der Waals surface area (Å²) < 4.78 is 44.9. The molecule has 0 aliphatic heterocycles. The first-order valence-corrected chi connectivity index (χ1v) is 9.43. The Balaban J connectivity index is 1.81. The van der Waals surface area contributed by atoms with Crippen LogP contribution in [0.2, 0.25) is 0 Å². The number of aromatic amines is 1. The molecule has 0 saturated heterocycles. The number of nitrogens with zero attached hydrogens (tertiary/aromatic N) is 2. The van der Waals surface area contributed by atoms with Gasteiger partial charge in [-0.1, -0.05) is 18.7 Å². The zero-order valence-electron chi connectivity index (χ0n) is 16.8. The maximum Gasteiger partial charge on any atom is 0.433 e. The number of methoxy groups -OCH3 is 1. The van der Waals surface area contributed by atoms with E-state index in [2.05, 4.69) is 26.8 Å². The van der Waals surface area contributed by atoms with Crippen LogP contribution in [0.25, 0.3) is 33.3 Å². The maximum atomic E-state index is 13.3. The fourth-order valence-electron chi connectivity index (χ4n) is 3.28. The molecule has 0 fully saturated rings. The molecule has 4 aromatic rings. The normalized spacial score (nSPS) is 11.4. The summed E-state index contributed by atoms with van der Waals surface area (Å²) in [6.45, 7) is 3.43. The van der Waals surface area contributed by atoms with Crippen LogP contribution in [0.3, 0.4) is 0 Å². The van der Waals surface area contributed by atoms with Crippen molar-refractivity contribution < 1.29 is 22.7 Å². The van der Waals surface area contributed by atoms with Gasteiger partial charge in [-0.2, -0.15) is 13.2 Å². The predicted molar refractivity (Wildman–Crippen MR) is 115 cm³/mol. The second kappa shape index (κ2) is 8.18. The van der Waals surface area contributed by atoms with E-state index in [1.54, 1.807) is 30.6 Å². The minimum absolute atomic E-state index is 0.140. The highest BCUT2D eigenvalue weighted by Gasteiger charge is 2.33. The highest BCUT2D eigenvalue weighted by atomic mass is 19.4. The number of anilines is 1. The number of H-pyrrole nitrogens is 1. The Bertz CT molecular complexity index is 1330. The van der Waals surface area contributed by atoms with Crippen LogP contribution in [0, 0.1) is 0 Å². The standard InChI is InChI=1S/C23H17F3N4O2/c1-3-20(31)29-16-6-4-5-13(7-16)15-8-17-18(12-28-22(17)27-11-15)14-9-19(23(24,25)26)30-21(10-14)32-2/h3-12H,1H2,2H3,(H,27,28)(H,29,31). The Hall–Kier alpha value is -4.14. The molecule has 2 N–H and O–H groups in total. The van der Waals surface area contributed by atoms with Gasteiger partial charge < -0.3 is 15.0 Å². The van der Waals surface area contributed by atoms with Gasteiger partial charge in [-0.05, 0) is 41.5 Å². The Morgan fingerprint density at radius 3 is 2.69 bits per heavy atom. The molecule has 9 heteroatoms. The Labute approximate surface area is 180 Å². The van der Waals surface area contributed by atoms with Crippen molar-refractivity contribution in [2.75, 3.05) is 12.4 Å². The summed E-state index contributed by atoms with van der Waals surface area (Å²) in [6.07, 6.45) is -0.206. The average Bonchev–Trinajstić information content (AvgIpc) is 3.21. The summed E-state index contributed by atoms with van der Waals surface area (Å²) in [5.74, 6) is -0.477. The van der Waals surface area contributed by atoms with Gasteiger partial charge in [0.1, 0.15) is 11.3 Å². The summed E-state index contributed by atoms with van der Waals surface area (Å²) in [5.41, 5.74) is 2.37. The lowest BCUT2D eigenvalue weighted by atomic mass is 10.0. The molecule has 4 rings (SSSR count). The minimum atomic E-state index is -4.62. The molecule has 6 nitrogen and oxygen atoms in total. The highest BCUT2D eigenvalue weighted by Crippen LogP contribution is 2.36. The van der Waals surface area contributed by atoms with Crippen molar-refractivity contribution in [2.24, 2.45) is 0 Å². The quantitative estimate of drug-likeness (QED) is 0.407. The fourth-order valence-corrected chi connectivity index (χ4v) is 3.28. The third-order valence-electron chi connectivity index (χ3n) is 4.79. The van der Waals surface area contributed by atoms with Gasteiger partial charge in [-0.3, -0.25) is 4.79 Å². The molecule has 32 heavy (non-hydrogen) atoms. The number of ether oxygens (including phenoxy) is 1. The van der Waals surface area contributed by atoms with E-state index in [-0.39, 0.29) is 11.8 Å². The smallest absolute Gasteiger partial charge is 0.433 e. The Morgan fingerprint density at radius 1 is 1.16 bits per heavy atom. The van der Waals surface area contributed by atoms with Gasteiger partial charge in [-0.25, -0.2) is 9.97 Å². The van der Waals surface area contributed by atoms with Crippen LogP contribution in [-0.4, -0.2) is 28.0 Å². The molecule has 0 aliphatic rings. The van der Waals surface area contributed by atoms with Crippen LogP contribution < -0.4 is 10.1 Å². The lowest BCUT2D eigenvalue weighted by Gasteiger charge is -2.10. The van der Waals surface area contributed by atoms with Gasteiger partial charge >= 0.3 is 6.18 Å². The second-order valence-corrected chi connectivity index (χ2v) is 6.88. The second-order valence-electron chi connectivity index (χ2n) is 6.88. The number of rotatable bonds is 5. The number of alkyl halides is 3. The fraction of sp³-hybridized carbons (Fsp3) is 0.0870. The number of carbonyl (C=O) groups is 1. The van der Waals surface area contributed by atoms with E-state index < -0.39 is 11.9 Å². The van der Waals surface area contributed by atoms with E-state index >= 15 is 0 Å². The number of amides is 1. The van der Waals surface area contributed by atoms with Gasteiger partial charge in [0.05, 0.1) is 7.11 Å². The molecule has 0 saturated carbocycles. The molecule has 3 heterocycles. The van der Waals surface area contributed by atoms with Crippen molar-refractivity contribution in [1.82, 2.24) is 15.0 Å². The van der Waals surface area contributed by atoms with E-state index in [1.807, 2.05) is 12.1 Å². The number of aromatic nitrogens is 3. The number of benzene rings is 1. The third-order valence-corrected chi connectivity index (χ3v) is 4.79. The van der Waals surface area contributed by atoms with Crippen LogP contribution in [0.1, 0.15) is 5.69 Å². The average molecular weight is 438 g/mol. The molecule has 162 valence electrons. The SMILES string of the molecule is C=CC(=O)Nc1cccc(-c2cnc3[nH]cc(-c4cc(OC)nc(C(F)(F)F)c4)c3c2)c1. The number of pyridine rings is 2. The van der Waals surface area contributed by atoms with Gasteiger partial charge in [0, 0.05) is 40.7 Å². The first-order chi connectivity index (χ1) is 15.3. The van der Waals surface area contributed by atoms with Crippen LogP contribution in [-0.2, 0) is 11.0 Å². The summed E-state index contributed by atoms with van der Waals surface area (Å²) in [7, 11) is 1.26. The summed E-state index contributed by atoms with van der Waals surface area (Å²) in [4.78, 5) is 22.5. The number of fused-ring (bicyclic) bond motifs is 1. The Kier molecular flexibility index (Phi) is 5.40. The van der Waals surface area contributed by atoms with E-state index in [9.17, 15) is 18.0 Å². The van der Waals surface area contributed by atoms with Crippen LogP contribution >= 0.6 is 0 Å². The number of hydrogen-bond donors (Lipinski definition) is 2. The number of nitrogens with one attached hydrogen (secondary N) is 2. The molecule has 0 atom stereocenters. The van der Waals surface area contributed by atoms with Gasteiger partial charge in [-0.15, -0.1) is 0 Å². The van der Waals surface area contributed by atoms with Crippen molar-refractivity contribution in [1.29, 1.82) is 0 Å². The summed E-state index contributed by atoms with van der Waals surface area (Å²) >= 11 is 0. The van der Waals surface area contributed by atoms with E-state index in [1.165, 1.54) is 19.3 Å². The van der Waals surface area contributed by atoms with Crippen LogP contribution in [0.5, 0.6) is 5.88 Å². The van der Waals surface area contributed by atoms with Crippen molar-refractivity contribution in [3.05, 3.63) is 73.2 Å². The minimum Gasteiger partial charge on any atom is -0.481 e. The van der Waals surface area contributed by atoms with E-state index in [4.69, 9.17) is 4.74 Å². The predicted octanol–water partition coefficient (Wildman–Crippen LogP) is 5.44. The molecule has 0 spiro atoms. The maximum absolute atomic E-state index is 13.3. The molecular weight excluding hydrogens is 421 g/mol. The monoisotopic (exact) mass is 438 g/mol. The molecular formula is C23H17F3N4O2. The topological polar surface area (TPSA) is 79.9 Å². The van der Waals surface area contributed by atoms with E-state index in [0.29, 0.717) is 27.8 Å². The summed E-state index contributed by atoms with van der Waals surface area (Å²) in [5, 5.41) is 3.32. The Morgan fingerprint density at radius 2 is 1.97 bits per heavy atom. The van der Waals surface area contributed by atoms with Gasteiger partial charge in [0.15, 0.2) is 0 Å². The van der Waals surface area contributed by atoms with Crippen molar-refractivity contribution in [3.8, 4) is 28.1 Å². The van der Waals surface area contributed by atoms with Crippen LogP contribution in [0.4, 0.5) is 18.9 Å². The lowest BCUT2D eigenvalue weighted by Crippen LogP contribution is -2.08. The molecule has 1 aromatic carbocycles. The van der Waals surface area contributed by atoms with E-state index in [0.717, 1.165) is 17.2 Å². The first-order valence-electron chi connectivity index (χ1n) is 9.43. The lowest BCUT2D eigenvalue weighted by molar-refractivity contribution is -0.141. The first kappa shape index (κ1) is 21.1. The number of carbonyl (C=O) groups excluding carboxylic acids is 1. The van der Waals surface area contributed by atoms with Crippen molar-refractivity contribution in [3.63, 3.8) is 0 Å². The molecule has 3 aromatic heterocycles. The zero-order valence-corrected chi connectivity index (χ0v) is 16.8. The number of hydrogen-bond acceptors (Lipinski definition) is 4. The van der Waals surface area contributed by atoms with Gasteiger partial charge in [0.2, 0.25) is 11.8 Å². The van der Waals surface area contributed by atoms with Crippen molar-refractivity contribution >= 4 is 22.6 Å². The molecule has 0 bridgehead atoms. The third kappa shape index (κ3) is 4.18. The number of halogens is 3. The molecule has 0 radical (unpaired) electrons. The zero-order chi connectivity index (χ0) is 22.9. The molecule has 1 amide bonds. The van der Waals surface area contributed by atoms with Crippen molar-refractivity contribution in [2.45, 2.75) is 6.18 Å². The summed E-state index contributed by atoms with van der Waals surface area (Å²) in [6, 6.07) is 11.4.